The highest BCUT2D eigenvalue weighted by Crippen LogP contribution is 2.27. The Bertz CT molecular complexity index is 762. The number of carbonyl (C=O) groups is 2. The molecule has 26 heavy (non-hydrogen) atoms. The van der Waals surface area contributed by atoms with Gasteiger partial charge >= 0.3 is 0 Å². The second kappa shape index (κ2) is 8.34. The summed E-state index contributed by atoms with van der Waals surface area (Å²) >= 11 is 0. The quantitative estimate of drug-likeness (QED) is 0.898. The third-order valence-corrected chi connectivity index (χ3v) is 4.67. The molecule has 0 saturated carbocycles. The molecule has 2 amide bonds. The van der Waals surface area contributed by atoms with Crippen molar-refractivity contribution in [2.24, 2.45) is 5.73 Å². The number of hydrogen-bond donors (Lipinski definition) is 1. The average molecular weight is 374 g/mol. The minimum atomic E-state index is -0.0775. The van der Waals surface area contributed by atoms with E-state index >= 15 is 0 Å². The van der Waals surface area contributed by atoms with E-state index in [1.165, 1.54) is 4.90 Å². The molecule has 6 heteroatoms. The number of benzene rings is 2. The summed E-state index contributed by atoms with van der Waals surface area (Å²) in [7, 11) is 3.41. The van der Waals surface area contributed by atoms with Gasteiger partial charge in [-0.2, -0.15) is 0 Å². The number of nitrogens with zero attached hydrogens (tertiary/aromatic N) is 2. The van der Waals surface area contributed by atoms with Crippen LogP contribution >= 0.6 is 12.4 Å². The molecule has 2 N–H and O–H groups in total. The topological polar surface area (TPSA) is 66.6 Å². The maximum atomic E-state index is 12.8. The van der Waals surface area contributed by atoms with E-state index < -0.39 is 0 Å². The summed E-state index contributed by atoms with van der Waals surface area (Å²) < 4.78 is 0. The summed E-state index contributed by atoms with van der Waals surface area (Å²) in [5.41, 5.74) is 8.59. The molecule has 3 rings (SSSR count). The van der Waals surface area contributed by atoms with Gasteiger partial charge in [0.25, 0.3) is 11.8 Å². The fraction of sp³-hybridized carbons (Fsp3) is 0.300. The smallest absolute Gasteiger partial charge is 0.253 e. The van der Waals surface area contributed by atoms with E-state index in [1.807, 2.05) is 18.2 Å². The Morgan fingerprint density at radius 2 is 1.54 bits per heavy atom. The molecular formula is C20H24ClN3O2. The molecule has 0 unspecified atom stereocenters. The van der Waals surface area contributed by atoms with Crippen molar-refractivity contribution < 1.29 is 9.59 Å². The van der Waals surface area contributed by atoms with Crippen molar-refractivity contribution in [1.29, 1.82) is 0 Å². The molecule has 2 atom stereocenters. The largest absolute Gasteiger partial charge is 0.345 e. The van der Waals surface area contributed by atoms with E-state index in [0.29, 0.717) is 24.2 Å². The maximum Gasteiger partial charge on any atom is 0.253 e. The number of carbonyl (C=O) groups excluding carboxylic acids is 2. The van der Waals surface area contributed by atoms with Gasteiger partial charge in [-0.1, -0.05) is 30.3 Å². The van der Waals surface area contributed by atoms with Gasteiger partial charge in [0.05, 0.1) is 0 Å². The molecule has 1 saturated heterocycles. The number of hydrogen-bond acceptors (Lipinski definition) is 3. The van der Waals surface area contributed by atoms with E-state index in [2.05, 4.69) is 12.1 Å². The second-order valence-electron chi connectivity index (χ2n) is 6.67. The fourth-order valence-electron chi connectivity index (χ4n) is 3.24. The standard InChI is InChI=1S/C20H23N3O2.ClH/c1-22(2)19(24)15-8-10-16(11-9-15)20(25)23-12-17(18(21)13-23)14-6-4-3-5-7-14;/h3-11,17-18H,12-13,21H2,1-2H3;1H/t17-,18+;/m0./s1. The molecule has 5 nitrogen and oxygen atoms in total. The molecule has 0 aromatic heterocycles. The summed E-state index contributed by atoms with van der Waals surface area (Å²) in [4.78, 5) is 28.0. The first-order valence-corrected chi connectivity index (χ1v) is 8.39. The predicted molar refractivity (Wildman–Crippen MR) is 105 cm³/mol. The summed E-state index contributed by atoms with van der Waals surface area (Å²) in [6.45, 7) is 1.15. The van der Waals surface area contributed by atoms with Crippen molar-refractivity contribution >= 4 is 24.2 Å². The van der Waals surface area contributed by atoms with Crippen molar-refractivity contribution in [3.63, 3.8) is 0 Å². The molecule has 2 aromatic rings. The van der Waals surface area contributed by atoms with Gasteiger partial charge in [-0.25, -0.2) is 0 Å². The van der Waals surface area contributed by atoms with Crippen LogP contribution in [0.5, 0.6) is 0 Å². The Morgan fingerprint density at radius 1 is 0.962 bits per heavy atom. The fourth-order valence-corrected chi connectivity index (χ4v) is 3.24. The van der Waals surface area contributed by atoms with Gasteiger partial charge in [-0.15, -0.1) is 12.4 Å². The summed E-state index contributed by atoms with van der Waals surface area (Å²) in [5.74, 6) is 0.0313. The molecular weight excluding hydrogens is 350 g/mol. The highest BCUT2D eigenvalue weighted by Gasteiger charge is 2.34. The summed E-state index contributed by atoms with van der Waals surface area (Å²) in [6, 6.07) is 16.8. The molecule has 1 aliphatic rings. The van der Waals surface area contributed by atoms with Crippen molar-refractivity contribution in [2.45, 2.75) is 12.0 Å². The number of rotatable bonds is 3. The number of amides is 2. The van der Waals surface area contributed by atoms with Crippen LogP contribution in [-0.4, -0.2) is 54.8 Å². The van der Waals surface area contributed by atoms with Gasteiger partial charge in [-0.3, -0.25) is 9.59 Å². The first kappa shape index (κ1) is 19.9. The minimum absolute atomic E-state index is 0. The first-order chi connectivity index (χ1) is 12.0. The third kappa shape index (κ3) is 4.06. The highest BCUT2D eigenvalue weighted by atomic mass is 35.5. The molecule has 0 aliphatic carbocycles. The summed E-state index contributed by atoms with van der Waals surface area (Å²) in [6.07, 6.45) is 0. The molecule has 0 spiro atoms. The lowest BCUT2D eigenvalue weighted by Crippen LogP contribution is -2.32. The molecule has 1 fully saturated rings. The zero-order valence-corrected chi connectivity index (χ0v) is 15.8. The zero-order valence-electron chi connectivity index (χ0n) is 15.0. The van der Waals surface area contributed by atoms with E-state index in [1.54, 1.807) is 43.3 Å². The van der Waals surface area contributed by atoms with Crippen LogP contribution in [0.2, 0.25) is 0 Å². The van der Waals surface area contributed by atoms with Crippen LogP contribution in [0, 0.1) is 0 Å². The Morgan fingerprint density at radius 3 is 2.12 bits per heavy atom. The van der Waals surface area contributed by atoms with Gasteiger partial charge in [-0.05, 0) is 29.8 Å². The lowest BCUT2D eigenvalue weighted by atomic mass is 9.95. The SMILES string of the molecule is CN(C)C(=O)c1ccc(C(=O)N2C[C@@H](N)[C@H](c3ccccc3)C2)cc1.Cl. The van der Waals surface area contributed by atoms with Crippen molar-refractivity contribution in [2.75, 3.05) is 27.2 Å². The molecule has 2 aromatic carbocycles. The van der Waals surface area contributed by atoms with E-state index in [9.17, 15) is 9.59 Å². The maximum absolute atomic E-state index is 12.8. The van der Waals surface area contributed by atoms with Crippen LogP contribution in [0.15, 0.2) is 54.6 Å². The van der Waals surface area contributed by atoms with Gasteiger partial charge in [0.1, 0.15) is 0 Å². The normalized spacial score (nSPS) is 19.0. The Labute approximate surface area is 160 Å². The predicted octanol–water partition coefficient (Wildman–Crippen LogP) is 2.38. The monoisotopic (exact) mass is 373 g/mol. The van der Waals surface area contributed by atoms with Gasteiger partial charge in [0.15, 0.2) is 0 Å². The van der Waals surface area contributed by atoms with E-state index in [0.717, 1.165) is 5.56 Å². The molecule has 1 heterocycles. The summed E-state index contributed by atoms with van der Waals surface area (Å²) in [5, 5.41) is 0. The lowest BCUT2D eigenvalue weighted by Gasteiger charge is -2.17. The van der Waals surface area contributed by atoms with Crippen molar-refractivity contribution in [1.82, 2.24) is 9.80 Å². The molecule has 0 bridgehead atoms. The Balaban J connectivity index is 0.00000243. The third-order valence-electron chi connectivity index (χ3n) is 4.67. The van der Waals surface area contributed by atoms with Crippen LogP contribution < -0.4 is 5.73 Å². The minimum Gasteiger partial charge on any atom is -0.345 e. The second-order valence-corrected chi connectivity index (χ2v) is 6.67. The average Bonchev–Trinajstić information content (AvgIpc) is 3.03. The van der Waals surface area contributed by atoms with Crippen LogP contribution in [0.4, 0.5) is 0 Å². The van der Waals surface area contributed by atoms with Gasteiger partial charge in [0.2, 0.25) is 0 Å². The number of likely N-dealkylation sites (tertiary alicyclic amines) is 1. The highest BCUT2D eigenvalue weighted by molar-refractivity contribution is 5.97. The van der Waals surface area contributed by atoms with Crippen molar-refractivity contribution in [3.05, 3.63) is 71.3 Å². The first-order valence-electron chi connectivity index (χ1n) is 8.39. The van der Waals surface area contributed by atoms with E-state index in [-0.39, 0.29) is 36.2 Å². The van der Waals surface area contributed by atoms with E-state index in [4.69, 9.17) is 5.73 Å². The van der Waals surface area contributed by atoms with Crippen LogP contribution in [0.3, 0.4) is 0 Å². The van der Waals surface area contributed by atoms with Gasteiger partial charge < -0.3 is 15.5 Å². The molecule has 138 valence electrons. The Hall–Kier alpha value is -2.37. The Kier molecular flexibility index (Phi) is 6.40. The number of halogens is 1. The van der Waals surface area contributed by atoms with Crippen LogP contribution in [-0.2, 0) is 0 Å². The lowest BCUT2D eigenvalue weighted by molar-refractivity contribution is 0.0786. The molecule has 0 radical (unpaired) electrons. The van der Waals surface area contributed by atoms with Crippen LogP contribution in [0.25, 0.3) is 0 Å². The number of nitrogens with two attached hydrogens (primary N) is 1. The van der Waals surface area contributed by atoms with Crippen molar-refractivity contribution in [3.8, 4) is 0 Å². The van der Waals surface area contributed by atoms with Gasteiger partial charge in [0, 0.05) is 50.3 Å². The van der Waals surface area contributed by atoms with Crippen LogP contribution in [0.1, 0.15) is 32.2 Å². The zero-order chi connectivity index (χ0) is 18.0. The molecule has 1 aliphatic heterocycles.